The summed E-state index contributed by atoms with van der Waals surface area (Å²) in [6.45, 7) is 2.64. The minimum atomic E-state index is -2.88. The van der Waals surface area contributed by atoms with Crippen molar-refractivity contribution in [3.63, 3.8) is 0 Å². The molecule has 2 unspecified atom stereocenters. The second-order valence-corrected chi connectivity index (χ2v) is 7.06. The predicted octanol–water partition coefficient (Wildman–Crippen LogP) is 0.458. The van der Waals surface area contributed by atoms with Gasteiger partial charge in [0.1, 0.15) is 9.84 Å². The molecule has 1 saturated carbocycles. The van der Waals surface area contributed by atoms with Crippen LogP contribution in [0.1, 0.15) is 32.6 Å². The number of hydrogen-bond acceptors (Lipinski definition) is 5. The summed E-state index contributed by atoms with van der Waals surface area (Å²) in [7, 11) is -2.88. The van der Waals surface area contributed by atoms with Crippen LogP contribution in [0.5, 0.6) is 0 Å². The molecule has 1 rings (SSSR count). The Bertz CT molecular complexity index is 315. The van der Waals surface area contributed by atoms with Gasteiger partial charge in [-0.3, -0.25) is 11.3 Å². The van der Waals surface area contributed by atoms with Gasteiger partial charge < -0.3 is 4.74 Å². The Labute approximate surface area is 104 Å². The Morgan fingerprint density at radius 3 is 2.53 bits per heavy atom. The average molecular weight is 264 g/mol. The maximum absolute atomic E-state index is 11.1. The summed E-state index contributed by atoms with van der Waals surface area (Å²) in [6, 6.07) is 0.0594. The van der Waals surface area contributed by atoms with E-state index >= 15 is 0 Å². The molecule has 102 valence electrons. The van der Waals surface area contributed by atoms with Gasteiger partial charge in [0.15, 0.2) is 0 Å². The van der Waals surface area contributed by atoms with Gasteiger partial charge in [-0.2, -0.15) is 0 Å². The van der Waals surface area contributed by atoms with Crippen LogP contribution in [-0.2, 0) is 14.6 Å². The van der Waals surface area contributed by atoms with Gasteiger partial charge in [-0.15, -0.1) is 0 Å². The molecule has 17 heavy (non-hydrogen) atoms. The van der Waals surface area contributed by atoms with Crippen molar-refractivity contribution in [1.82, 2.24) is 5.43 Å². The molecule has 0 saturated heterocycles. The number of nitrogens with one attached hydrogen (secondary N) is 1. The van der Waals surface area contributed by atoms with Crippen LogP contribution in [0.2, 0.25) is 0 Å². The van der Waals surface area contributed by atoms with Crippen LogP contribution in [0.25, 0.3) is 0 Å². The average Bonchev–Trinajstić information content (AvgIpc) is 3.04. The van der Waals surface area contributed by atoms with E-state index in [2.05, 4.69) is 5.43 Å². The fourth-order valence-corrected chi connectivity index (χ4v) is 2.80. The van der Waals surface area contributed by atoms with Gasteiger partial charge in [-0.25, -0.2) is 8.42 Å². The minimum Gasteiger partial charge on any atom is -0.377 e. The van der Waals surface area contributed by atoms with Crippen LogP contribution >= 0.6 is 0 Å². The fraction of sp³-hybridized carbons (Fsp3) is 1.00. The summed E-state index contributed by atoms with van der Waals surface area (Å²) in [6.07, 6.45) is 5.14. The molecule has 1 aliphatic carbocycles. The maximum atomic E-state index is 11.1. The van der Waals surface area contributed by atoms with Crippen molar-refractivity contribution in [3.05, 3.63) is 0 Å². The van der Waals surface area contributed by atoms with E-state index in [1.165, 1.54) is 19.1 Å². The Hall–Kier alpha value is -0.170. The summed E-state index contributed by atoms with van der Waals surface area (Å²) in [5.74, 6) is 6.35. The predicted molar refractivity (Wildman–Crippen MR) is 68.2 cm³/mol. The van der Waals surface area contributed by atoms with E-state index in [0.29, 0.717) is 18.9 Å². The van der Waals surface area contributed by atoms with E-state index in [1.54, 1.807) is 0 Å². The van der Waals surface area contributed by atoms with E-state index in [4.69, 9.17) is 10.6 Å². The summed E-state index contributed by atoms with van der Waals surface area (Å²) >= 11 is 0. The zero-order valence-electron chi connectivity index (χ0n) is 10.7. The molecule has 0 aliphatic heterocycles. The summed E-state index contributed by atoms with van der Waals surface area (Å²) < 4.78 is 27.8. The number of sulfone groups is 1. The largest absolute Gasteiger partial charge is 0.377 e. The van der Waals surface area contributed by atoms with E-state index < -0.39 is 9.84 Å². The fourth-order valence-electron chi connectivity index (χ4n) is 2.11. The number of nitrogens with two attached hydrogens (primary N) is 1. The SMILES string of the molecule is CCOC(C1CC1)C(CCCS(C)(=O)=O)NN. The highest BCUT2D eigenvalue weighted by Crippen LogP contribution is 2.36. The Balaban J connectivity index is 2.39. The standard InChI is InChI=1S/C11H24N2O3S/c1-3-16-11(9-6-7-9)10(13-12)5-4-8-17(2,14)15/h9-11,13H,3-8,12H2,1-2H3. The van der Waals surface area contributed by atoms with Crippen molar-refractivity contribution in [3.8, 4) is 0 Å². The molecule has 0 bridgehead atoms. The van der Waals surface area contributed by atoms with Gasteiger partial charge >= 0.3 is 0 Å². The first-order valence-corrected chi connectivity index (χ1v) is 8.29. The molecule has 0 aromatic heterocycles. The van der Waals surface area contributed by atoms with Crippen molar-refractivity contribution in [1.29, 1.82) is 0 Å². The molecule has 0 aromatic carbocycles. The molecule has 1 aliphatic rings. The molecule has 2 atom stereocenters. The summed E-state index contributed by atoms with van der Waals surface area (Å²) in [5, 5.41) is 0. The maximum Gasteiger partial charge on any atom is 0.147 e. The first-order chi connectivity index (χ1) is 7.98. The molecule has 1 fully saturated rings. The lowest BCUT2D eigenvalue weighted by molar-refractivity contribution is 0.0168. The highest BCUT2D eigenvalue weighted by atomic mass is 32.2. The monoisotopic (exact) mass is 264 g/mol. The molecule has 0 spiro atoms. The van der Waals surface area contributed by atoms with Crippen LogP contribution in [0.15, 0.2) is 0 Å². The van der Waals surface area contributed by atoms with Crippen molar-refractivity contribution in [2.24, 2.45) is 11.8 Å². The molecule has 3 N–H and O–H groups in total. The third-order valence-corrected chi connectivity index (χ3v) is 4.12. The van der Waals surface area contributed by atoms with E-state index in [0.717, 1.165) is 6.42 Å². The van der Waals surface area contributed by atoms with Gasteiger partial charge in [-0.05, 0) is 38.5 Å². The number of hydrazine groups is 1. The Morgan fingerprint density at radius 1 is 1.47 bits per heavy atom. The van der Waals surface area contributed by atoms with Crippen molar-refractivity contribution >= 4 is 9.84 Å². The van der Waals surface area contributed by atoms with E-state index in [9.17, 15) is 8.42 Å². The lowest BCUT2D eigenvalue weighted by Gasteiger charge is -2.26. The zero-order chi connectivity index (χ0) is 12.9. The molecule has 0 amide bonds. The van der Waals surface area contributed by atoms with Crippen LogP contribution in [0.3, 0.4) is 0 Å². The molecular formula is C11H24N2O3S. The molecule has 6 heteroatoms. The van der Waals surface area contributed by atoms with Crippen LogP contribution in [0, 0.1) is 5.92 Å². The third-order valence-electron chi connectivity index (χ3n) is 3.09. The van der Waals surface area contributed by atoms with Gasteiger partial charge in [-0.1, -0.05) is 0 Å². The molecule has 0 radical (unpaired) electrons. The Kier molecular flexibility index (Phi) is 5.85. The van der Waals surface area contributed by atoms with Crippen molar-refractivity contribution < 1.29 is 13.2 Å². The second-order valence-electron chi connectivity index (χ2n) is 4.80. The molecule has 0 aromatic rings. The van der Waals surface area contributed by atoms with Gasteiger partial charge in [0, 0.05) is 24.7 Å². The van der Waals surface area contributed by atoms with Crippen molar-refractivity contribution in [2.75, 3.05) is 18.6 Å². The first-order valence-electron chi connectivity index (χ1n) is 6.23. The van der Waals surface area contributed by atoms with Gasteiger partial charge in [0.2, 0.25) is 0 Å². The van der Waals surface area contributed by atoms with Crippen LogP contribution in [-0.4, -0.2) is 39.2 Å². The van der Waals surface area contributed by atoms with E-state index in [1.807, 2.05) is 6.92 Å². The van der Waals surface area contributed by atoms with Gasteiger partial charge in [0.25, 0.3) is 0 Å². The second kappa shape index (κ2) is 6.68. The molecular weight excluding hydrogens is 240 g/mol. The lowest BCUT2D eigenvalue weighted by atomic mass is 10.0. The zero-order valence-corrected chi connectivity index (χ0v) is 11.5. The Morgan fingerprint density at radius 2 is 2.12 bits per heavy atom. The van der Waals surface area contributed by atoms with E-state index in [-0.39, 0.29) is 17.9 Å². The highest BCUT2D eigenvalue weighted by Gasteiger charge is 2.36. The number of ether oxygens (including phenoxy) is 1. The topological polar surface area (TPSA) is 81.4 Å². The summed E-state index contributed by atoms with van der Waals surface area (Å²) in [5.41, 5.74) is 2.77. The number of hydrogen-bond donors (Lipinski definition) is 2. The summed E-state index contributed by atoms with van der Waals surface area (Å²) in [4.78, 5) is 0. The number of rotatable bonds is 9. The van der Waals surface area contributed by atoms with Crippen molar-refractivity contribution in [2.45, 2.75) is 44.8 Å². The van der Waals surface area contributed by atoms with Crippen LogP contribution in [0.4, 0.5) is 0 Å². The smallest absolute Gasteiger partial charge is 0.147 e. The quantitative estimate of drug-likeness (QED) is 0.467. The molecule has 5 nitrogen and oxygen atoms in total. The molecule has 0 heterocycles. The lowest BCUT2D eigenvalue weighted by Crippen LogP contribution is -2.46. The van der Waals surface area contributed by atoms with Gasteiger partial charge in [0.05, 0.1) is 6.10 Å². The normalized spacial score (nSPS) is 20.2. The minimum absolute atomic E-state index is 0.0594. The third kappa shape index (κ3) is 5.81. The highest BCUT2D eigenvalue weighted by molar-refractivity contribution is 7.90. The van der Waals surface area contributed by atoms with Crippen LogP contribution < -0.4 is 11.3 Å². The first kappa shape index (κ1) is 14.9.